The zero-order valence-corrected chi connectivity index (χ0v) is 9.85. The number of nitrogens with one attached hydrogen (secondary N) is 1. The Bertz CT molecular complexity index is 609. The SMILES string of the molecule is O=[N+]([O-])c1cccc(N/N=C/c2ccc(O)cc2)c1. The van der Waals surface area contributed by atoms with Crippen molar-refractivity contribution in [3.05, 3.63) is 64.2 Å². The third-order valence-corrected chi connectivity index (χ3v) is 2.36. The number of phenols is 1. The van der Waals surface area contributed by atoms with Crippen LogP contribution >= 0.6 is 0 Å². The van der Waals surface area contributed by atoms with Crippen LogP contribution in [0.5, 0.6) is 5.75 Å². The molecule has 0 spiro atoms. The van der Waals surface area contributed by atoms with Crippen LogP contribution in [0.2, 0.25) is 0 Å². The van der Waals surface area contributed by atoms with E-state index < -0.39 is 4.92 Å². The lowest BCUT2D eigenvalue weighted by molar-refractivity contribution is -0.384. The number of rotatable bonds is 4. The third-order valence-electron chi connectivity index (χ3n) is 2.36. The lowest BCUT2D eigenvalue weighted by Crippen LogP contribution is -1.92. The van der Waals surface area contributed by atoms with Crippen molar-refractivity contribution in [3.63, 3.8) is 0 Å². The Labute approximate surface area is 109 Å². The number of nitrogens with zero attached hydrogens (tertiary/aromatic N) is 2. The highest BCUT2D eigenvalue weighted by Gasteiger charge is 2.04. The van der Waals surface area contributed by atoms with Crippen LogP contribution in [0, 0.1) is 10.1 Å². The van der Waals surface area contributed by atoms with Gasteiger partial charge >= 0.3 is 0 Å². The smallest absolute Gasteiger partial charge is 0.271 e. The van der Waals surface area contributed by atoms with Crippen LogP contribution in [0.3, 0.4) is 0 Å². The molecule has 0 radical (unpaired) electrons. The van der Waals surface area contributed by atoms with Gasteiger partial charge in [-0.3, -0.25) is 15.5 Å². The maximum Gasteiger partial charge on any atom is 0.271 e. The van der Waals surface area contributed by atoms with Gasteiger partial charge in [0.2, 0.25) is 0 Å². The molecule has 0 unspecified atom stereocenters. The Hall–Kier alpha value is -2.89. The number of benzene rings is 2. The molecular weight excluding hydrogens is 246 g/mol. The van der Waals surface area contributed by atoms with Crippen LogP contribution < -0.4 is 5.43 Å². The van der Waals surface area contributed by atoms with Gasteiger partial charge in [-0.05, 0) is 35.9 Å². The number of hydrazone groups is 1. The number of hydrogen-bond donors (Lipinski definition) is 2. The number of nitro groups is 1. The first kappa shape index (κ1) is 12.6. The molecule has 0 fully saturated rings. The van der Waals surface area contributed by atoms with E-state index in [1.165, 1.54) is 12.1 Å². The van der Waals surface area contributed by atoms with E-state index in [4.69, 9.17) is 5.11 Å². The van der Waals surface area contributed by atoms with Crippen LogP contribution in [0.4, 0.5) is 11.4 Å². The van der Waals surface area contributed by atoms with Gasteiger partial charge in [-0.2, -0.15) is 5.10 Å². The Morgan fingerprint density at radius 1 is 1.21 bits per heavy atom. The quantitative estimate of drug-likeness (QED) is 0.500. The first-order valence-corrected chi connectivity index (χ1v) is 5.48. The summed E-state index contributed by atoms with van der Waals surface area (Å²) < 4.78 is 0. The predicted octanol–water partition coefficient (Wildman–Crippen LogP) is 2.75. The summed E-state index contributed by atoms with van der Waals surface area (Å²) in [5, 5.41) is 23.7. The number of non-ortho nitro benzene ring substituents is 1. The molecule has 0 saturated carbocycles. The highest BCUT2D eigenvalue weighted by molar-refractivity contribution is 5.80. The summed E-state index contributed by atoms with van der Waals surface area (Å²) in [5.41, 5.74) is 4.04. The van der Waals surface area contributed by atoms with Gasteiger partial charge in [-0.25, -0.2) is 0 Å². The highest BCUT2D eigenvalue weighted by atomic mass is 16.6. The molecule has 6 nitrogen and oxygen atoms in total. The van der Waals surface area contributed by atoms with Gasteiger partial charge in [0.05, 0.1) is 16.8 Å². The molecule has 2 rings (SSSR count). The van der Waals surface area contributed by atoms with Crippen LogP contribution in [0.1, 0.15) is 5.56 Å². The fraction of sp³-hybridized carbons (Fsp3) is 0. The summed E-state index contributed by atoms with van der Waals surface area (Å²) >= 11 is 0. The van der Waals surface area contributed by atoms with E-state index in [9.17, 15) is 10.1 Å². The second-order valence-corrected chi connectivity index (χ2v) is 3.77. The van der Waals surface area contributed by atoms with Gasteiger partial charge in [0, 0.05) is 12.1 Å². The van der Waals surface area contributed by atoms with E-state index in [0.717, 1.165) is 5.56 Å². The van der Waals surface area contributed by atoms with E-state index >= 15 is 0 Å². The maximum atomic E-state index is 10.6. The fourth-order valence-electron chi connectivity index (χ4n) is 1.43. The van der Waals surface area contributed by atoms with E-state index in [1.54, 1.807) is 42.6 Å². The minimum absolute atomic E-state index is 0.00448. The zero-order valence-electron chi connectivity index (χ0n) is 9.85. The van der Waals surface area contributed by atoms with Crippen molar-refractivity contribution in [2.45, 2.75) is 0 Å². The minimum Gasteiger partial charge on any atom is -0.508 e. The van der Waals surface area contributed by atoms with Crippen LogP contribution in [0.15, 0.2) is 53.6 Å². The number of aromatic hydroxyl groups is 1. The van der Waals surface area contributed by atoms with E-state index in [2.05, 4.69) is 10.5 Å². The Morgan fingerprint density at radius 2 is 1.95 bits per heavy atom. The molecule has 0 heterocycles. The van der Waals surface area contributed by atoms with Crippen LogP contribution in [-0.2, 0) is 0 Å². The van der Waals surface area contributed by atoms with Crippen molar-refractivity contribution >= 4 is 17.6 Å². The zero-order chi connectivity index (χ0) is 13.7. The average Bonchev–Trinajstić information content (AvgIpc) is 2.41. The Balaban J connectivity index is 2.04. The van der Waals surface area contributed by atoms with Gasteiger partial charge in [-0.1, -0.05) is 6.07 Å². The van der Waals surface area contributed by atoms with Gasteiger partial charge in [-0.15, -0.1) is 0 Å². The molecule has 2 N–H and O–H groups in total. The number of phenolic OH excluding ortho intramolecular Hbond substituents is 1. The molecule has 2 aromatic carbocycles. The Kier molecular flexibility index (Phi) is 3.72. The highest BCUT2D eigenvalue weighted by Crippen LogP contribution is 2.16. The minimum atomic E-state index is -0.463. The standard InChI is InChI=1S/C13H11N3O3/c17-13-6-4-10(5-7-13)9-14-15-11-2-1-3-12(8-11)16(18)19/h1-9,15,17H/b14-9+. The lowest BCUT2D eigenvalue weighted by atomic mass is 10.2. The van der Waals surface area contributed by atoms with E-state index in [-0.39, 0.29) is 11.4 Å². The molecule has 0 aliphatic rings. The van der Waals surface area contributed by atoms with Crippen molar-refractivity contribution in [1.29, 1.82) is 0 Å². The van der Waals surface area contributed by atoms with Crippen LogP contribution in [-0.4, -0.2) is 16.2 Å². The molecule has 0 atom stereocenters. The first-order chi connectivity index (χ1) is 9.15. The van der Waals surface area contributed by atoms with E-state index in [0.29, 0.717) is 5.69 Å². The van der Waals surface area contributed by atoms with Crippen molar-refractivity contribution in [1.82, 2.24) is 0 Å². The summed E-state index contributed by atoms with van der Waals surface area (Å²) in [6.45, 7) is 0. The molecule has 0 saturated heterocycles. The Morgan fingerprint density at radius 3 is 2.63 bits per heavy atom. The van der Waals surface area contributed by atoms with Crippen molar-refractivity contribution < 1.29 is 10.0 Å². The largest absolute Gasteiger partial charge is 0.508 e. The van der Waals surface area contributed by atoms with Gasteiger partial charge < -0.3 is 5.11 Å². The van der Waals surface area contributed by atoms with E-state index in [1.807, 2.05) is 0 Å². The number of nitro benzene ring substituents is 1. The molecule has 0 bridgehead atoms. The predicted molar refractivity (Wildman–Crippen MR) is 72.4 cm³/mol. The molecule has 0 amide bonds. The molecular formula is C13H11N3O3. The maximum absolute atomic E-state index is 10.6. The van der Waals surface area contributed by atoms with Gasteiger partial charge in [0.25, 0.3) is 5.69 Å². The topological polar surface area (TPSA) is 87.8 Å². The number of hydrogen-bond acceptors (Lipinski definition) is 5. The lowest BCUT2D eigenvalue weighted by Gasteiger charge is -1.99. The molecule has 0 aromatic heterocycles. The molecule has 19 heavy (non-hydrogen) atoms. The second-order valence-electron chi connectivity index (χ2n) is 3.77. The third kappa shape index (κ3) is 3.53. The summed E-state index contributed by atoms with van der Waals surface area (Å²) in [6.07, 6.45) is 1.55. The number of anilines is 1. The molecule has 2 aromatic rings. The van der Waals surface area contributed by atoms with Gasteiger partial charge in [0.1, 0.15) is 5.75 Å². The molecule has 0 aliphatic heterocycles. The fourth-order valence-corrected chi connectivity index (χ4v) is 1.43. The van der Waals surface area contributed by atoms with Crippen molar-refractivity contribution in [3.8, 4) is 5.75 Å². The molecule has 96 valence electrons. The second kappa shape index (κ2) is 5.63. The van der Waals surface area contributed by atoms with Crippen molar-refractivity contribution in [2.75, 3.05) is 5.43 Å². The summed E-state index contributed by atoms with van der Waals surface area (Å²) in [5.74, 6) is 0.184. The van der Waals surface area contributed by atoms with Crippen molar-refractivity contribution in [2.24, 2.45) is 5.10 Å². The monoisotopic (exact) mass is 257 g/mol. The normalized spacial score (nSPS) is 10.5. The molecule has 6 heteroatoms. The summed E-state index contributed by atoms with van der Waals surface area (Å²) in [7, 11) is 0. The first-order valence-electron chi connectivity index (χ1n) is 5.48. The summed E-state index contributed by atoms with van der Waals surface area (Å²) in [6, 6.07) is 12.6. The van der Waals surface area contributed by atoms with Gasteiger partial charge in [0.15, 0.2) is 0 Å². The average molecular weight is 257 g/mol. The summed E-state index contributed by atoms with van der Waals surface area (Å²) in [4.78, 5) is 10.1. The molecule has 0 aliphatic carbocycles. The van der Waals surface area contributed by atoms with Crippen LogP contribution in [0.25, 0.3) is 0 Å².